The van der Waals surface area contributed by atoms with E-state index in [0.717, 1.165) is 0 Å². The van der Waals surface area contributed by atoms with Crippen molar-refractivity contribution >= 4 is 23.5 Å². The molecule has 0 saturated heterocycles. The molecule has 92 valence electrons. The fourth-order valence-corrected chi connectivity index (χ4v) is 1.42. The summed E-state index contributed by atoms with van der Waals surface area (Å²) in [4.78, 5) is 22.9. The second-order valence-corrected chi connectivity index (χ2v) is 3.62. The maximum atomic E-state index is 11.7. The van der Waals surface area contributed by atoms with Gasteiger partial charge in [0.1, 0.15) is 0 Å². The molecule has 1 aromatic rings. The van der Waals surface area contributed by atoms with Gasteiger partial charge < -0.3 is 15.2 Å². The second-order valence-electron chi connectivity index (χ2n) is 3.21. The molecule has 0 aromatic heterocycles. The third-order valence-corrected chi connectivity index (χ3v) is 2.42. The molecule has 6 heteroatoms. The molecule has 0 radical (unpaired) electrons. The Morgan fingerprint density at radius 1 is 1.47 bits per heavy atom. The smallest absolute Gasteiger partial charge is 0.330 e. The van der Waals surface area contributed by atoms with E-state index in [0.29, 0.717) is 0 Å². The Kier molecular flexibility index (Phi) is 4.93. The van der Waals surface area contributed by atoms with Crippen molar-refractivity contribution in [1.29, 1.82) is 0 Å². The number of nitrogens with one attached hydrogen (secondary N) is 1. The number of carbonyl (C=O) groups excluding carboxylic acids is 2. The average Bonchev–Trinajstić information content (AvgIpc) is 2.35. The van der Waals surface area contributed by atoms with Crippen molar-refractivity contribution in [3.63, 3.8) is 0 Å². The molecule has 0 bridgehead atoms. The maximum absolute atomic E-state index is 11.7. The van der Waals surface area contributed by atoms with E-state index in [1.54, 1.807) is 18.2 Å². The van der Waals surface area contributed by atoms with Gasteiger partial charge in [0.15, 0.2) is 6.04 Å². The first kappa shape index (κ1) is 13.5. The van der Waals surface area contributed by atoms with Crippen LogP contribution >= 0.6 is 11.6 Å². The number of rotatable bonds is 4. The molecule has 1 rings (SSSR count). The highest BCUT2D eigenvalue weighted by molar-refractivity contribution is 6.33. The van der Waals surface area contributed by atoms with Crippen LogP contribution in [0, 0.1) is 0 Å². The first-order valence-corrected chi connectivity index (χ1v) is 5.22. The molecule has 0 aliphatic rings. The Hall–Kier alpha value is -1.59. The van der Waals surface area contributed by atoms with Gasteiger partial charge in [-0.15, -0.1) is 0 Å². The number of aliphatic hydroxyl groups is 1. The number of ether oxygens (including phenoxy) is 1. The second kappa shape index (κ2) is 6.22. The molecule has 0 aliphatic carbocycles. The average molecular weight is 258 g/mol. The summed E-state index contributed by atoms with van der Waals surface area (Å²) in [6, 6.07) is 5.31. The lowest BCUT2D eigenvalue weighted by Gasteiger charge is -2.14. The number of halogens is 1. The van der Waals surface area contributed by atoms with Gasteiger partial charge in [-0.05, 0) is 12.1 Å². The Labute approximate surface area is 103 Å². The molecule has 2 N–H and O–H groups in total. The first-order valence-electron chi connectivity index (χ1n) is 4.84. The number of carbonyl (C=O) groups is 2. The van der Waals surface area contributed by atoms with Gasteiger partial charge in [-0.1, -0.05) is 23.7 Å². The molecular formula is C11H12ClNO4. The number of hydrogen-bond acceptors (Lipinski definition) is 4. The van der Waals surface area contributed by atoms with Crippen molar-refractivity contribution in [3.8, 4) is 0 Å². The van der Waals surface area contributed by atoms with Crippen LogP contribution in [0.15, 0.2) is 24.3 Å². The lowest BCUT2D eigenvalue weighted by Crippen LogP contribution is -2.44. The Morgan fingerprint density at radius 2 is 2.12 bits per heavy atom. The van der Waals surface area contributed by atoms with Crippen LogP contribution in [0.3, 0.4) is 0 Å². The number of methoxy groups -OCH3 is 1. The van der Waals surface area contributed by atoms with Crippen molar-refractivity contribution in [2.75, 3.05) is 13.7 Å². The van der Waals surface area contributed by atoms with Crippen molar-refractivity contribution in [1.82, 2.24) is 5.32 Å². The Morgan fingerprint density at radius 3 is 2.65 bits per heavy atom. The minimum absolute atomic E-state index is 0.233. The van der Waals surface area contributed by atoms with E-state index in [1.807, 2.05) is 0 Å². The van der Waals surface area contributed by atoms with Crippen LogP contribution in [-0.2, 0) is 9.53 Å². The summed E-state index contributed by atoms with van der Waals surface area (Å²) in [5, 5.41) is 11.5. The summed E-state index contributed by atoms with van der Waals surface area (Å²) in [7, 11) is 1.17. The van der Waals surface area contributed by atoms with Gasteiger partial charge >= 0.3 is 5.97 Å². The molecule has 1 amide bonds. The SMILES string of the molecule is COC(=O)C(CO)NC(=O)c1ccccc1Cl. The number of hydrogen-bond donors (Lipinski definition) is 2. The summed E-state index contributed by atoms with van der Waals surface area (Å²) in [5.41, 5.74) is 0.233. The molecular weight excluding hydrogens is 246 g/mol. The molecule has 17 heavy (non-hydrogen) atoms. The third-order valence-electron chi connectivity index (χ3n) is 2.09. The van der Waals surface area contributed by atoms with Crippen LogP contribution in [0.2, 0.25) is 5.02 Å². The molecule has 0 heterocycles. The van der Waals surface area contributed by atoms with Crippen LogP contribution in [0.5, 0.6) is 0 Å². The van der Waals surface area contributed by atoms with E-state index in [4.69, 9.17) is 16.7 Å². The summed E-state index contributed by atoms with van der Waals surface area (Å²) < 4.78 is 4.42. The first-order chi connectivity index (χ1) is 8.10. The van der Waals surface area contributed by atoms with Gasteiger partial charge in [0.25, 0.3) is 5.91 Å². The largest absolute Gasteiger partial charge is 0.467 e. The molecule has 0 saturated carbocycles. The summed E-state index contributed by atoms with van der Waals surface area (Å²) >= 11 is 5.82. The molecule has 5 nitrogen and oxygen atoms in total. The molecule has 1 aromatic carbocycles. The maximum Gasteiger partial charge on any atom is 0.330 e. The minimum atomic E-state index is -1.09. The van der Waals surface area contributed by atoms with Crippen LogP contribution < -0.4 is 5.32 Å². The number of esters is 1. The van der Waals surface area contributed by atoms with E-state index in [1.165, 1.54) is 13.2 Å². The molecule has 0 aliphatic heterocycles. The van der Waals surface area contributed by atoms with E-state index < -0.39 is 24.5 Å². The zero-order chi connectivity index (χ0) is 12.8. The van der Waals surface area contributed by atoms with Gasteiger partial charge in [0.2, 0.25) is 0 Å². The highest BCUT2D eigenvalue weighted by atomic mass is 35.5. The Bertz CT molecular complexity index is 422. The molecule has 1 unspecified atom stereocenters. The number of aliphatic hydroxyl groups excluding tert-OH is 1. The Balaban J connectivity index is 2.78. The van der Waals surface area contributed by atoms with Crippen LogP contribution in [0.25, 0.3) is 0 Å². The van der Waals surface area contributed by atoms with E-state index in [2.05, 4.69) is 10.1 Å². The van der Waals surface area contributed by atoms with E-state index in [9.17, 15) is 9.59 Å². The van der Waals surface area contributed by atoms with Crippen LogP contribution in [-0.4, -0.2) is 36.7 Å². The quantitative estimate of drug-likeness (QED) is 0.775. The lowest BCUT2D eigenvalue weighted by molar-refractivity contribution is -0.143. The number of benzene rings is 1. The highest BCUT2D eigenvalue weighted by Gasteiger charge is 2.21. The fourth-order valence-electron chi connectivity index (χ4n) is 1.20. The van der Waals surface area contributed by atoms with Crippen molar-refractivity contribution in [2.24, 2.45) is 0 Å². The standard InChI is InChI=1S/C11H12ClNO4/c1-17-11(16)9(6-14)13-10(15)7-4-2-3-5-8(7)12/h2-5,9,14H,6H2,1H3,(H,13,15). The zero-order valence-electron chi connectivity index (χ0n) is 9.14. The van der Waals surface area contributed by atoms with Gasteiger partial charge in [-0.25, -0.2) is 4.79 Å². The monoisotopic (exact) mass is 257 g/mol. The van der Waals surface area contributed by atoms with E-state index >= 15 is 0 Å². The highest BCUT2D eigenvalue weighted by Crippen LogP contribution is 2.14. The van der Waals surface area contributed by atoms with Gasteiger partial charge in [-0.3, -0.25) is 4.79 Å². The normalized spacial score (nSPS) is 11.7. The van der Waals surface area contributed by atoms with Crippen molar-refractivity contribution < 1.29 is 19.4 Å². The molecule has 0 fully saturated rings. The summed E-state index contributed by atoms with van der Waals surface area (Å²) in [6.07, 6.45) is 0. The fraction of sp³-hybridized carbons (Fsp3) is 0.273. The van der Waals surface area contributed by atoms with Gasteiger partial charge in [0.05, 0.1) is 24.3 Å². The lowest BCUT2D eigenvalue weighted by atomic mass is 10.2. The third kappa shape index (κ3) is 3.44. The topological polar surface area (TPSA) is 75.6 Å². The number of amides is 1. The predicted octanol–water partition coefficient (Wildman–Crippen LogP) is 0.604. The van der Waals surface area contributed by atoms with Crippen molar-refractivity contribution in [2.45, 2.75) is 6.04 Å². The summed E-state index contributed by atoms with van der Waals surface area (Å²) in [5.74, 6) is -1.26. The summed E-state index contributed by atoms with van der Waals surface area (Å²) in [6.45, 7) is -0.539. The predicted molar refractivity (Wildman–Crippen MR) is 61.8 cm³/mol. The van der Waals surface area contributed by atoms with Gasteiger partial charge in [0, 0.05) is 0 Å². The van der Waals surface area contributed by atoms with Crippen LogP contribution in [0.1, 0.15) is 10.4 Å². The minimum Gasteiger partial charge on any atom is -0.467 e. The van der Waals surface area contributed by atoms with Crippen molar-refractivity contribution in [3.05, 3.63) is 34.9 Å². The molecule has 0 spiro atoms. The van der Waals surface area contributed by atoms with Crippen LogP contribution in [0.4, 0.5) is 0 Å². The molecule has 1 atom stereocenters. The van der Waals surface area contributed by atoms with E-state index in [-0.39, 0.29) is 10.6 Å². The van der Waals surface area contributed by atoms with Gasteiger partial charge in [-0.2, -0.15) is 0 Å². The zero-order valence-corrected chi connectivity index (χ0v) is 9.90.